The molecule has 102 valence electrons. The molecule has 4 nitrogen and oxygen atoms in total. The van der Waals surface area contributed by atoms with E-state index in [0.717, 1.165) is 19.5 Å². The van der Waals surface area contributed by atoms with Crippen molar-refractivity contribution in [2.45, 2.75) is 37.3 Å². The summed E-state index contributed by atoms with van der Waals surface area (Å²) in [5, 5.41) is 12.3. The normalized spacial score (nSPS) is 20.6. The molecule has 1 aliphatic rings. The van der Waals surface area contributed by atoms with E-state index in [1.165, 1.54) is 19.3 Å². The SMILES string of the molecule is CNC(CO)CCN(C)CC1(N(C)C)CCC1. The minimum absolute atomic E-state index is 0.225. The second-order valence-corrected chi connectivity index (χ2v) is 5.67. The fourth-order valence-electron chi connectivity index (χ4n) is 2.62. The van der Waals surface area contributed by atoms with Crippen LogP contribution in [0.4, 0.5) is 0 Å². The van der Waals surface area contributed by atoms with Crippen molar-refractivity contribution >= 4 is 0 Å². The van der Waals surface area contributed by atoms with Crippen molar-refractivity contribution in [3.05, 3.63) is 0 Å². The summed E-state index contributed by atoms with van der Waals surface area (Å²) in [7, 11) is 8.48. The van der Waals surface area contributed by atoms with Crippen molar-refractivity contribution in [2.24, 2.45) is 0 Å². The highest BCUT2D eigenvalue weighted by Crippen LogP contribution is 2.36. The third-order valence-corrected chi connectivity index (χ3v) is 4.29. The van der Waals surface area contributed by atoms with Crippen molar-refractivity contribution in [1.29, 1.82) is 0 Å². The highest BCUT2D eigenvalue weighted by molar-refractivity contribution is 4.97. The highest BCUT2D eigenvalue weighted by Gasteiger charge is 2.39. The molecule has 0 amide bonds. The first-order valence-corrected chi connectivity index (χ1v) is 6.68. The molecule has 0 bridgehead atoms. The predicted molar refractivity (Wildman–Crippen MR) is 72.3 cm³/mol. The molecule has 0 saturated heterocycles. The summed E-state index contributed by atoms with van der Waals surface area (Å²) in [6.07, 6.45) is 5.01. The third-order valence-electron chi connectivity index (χ3n) is 4.29. The van der Waals surface area contributed by atoms with Crippen LogP contribution in [0.25, 0.3) is 0 Å². The summed E-state index contributed by atoms with van der Waals surface area (Å²) in [5.74, 6) is 0. The molecule has 1 aliphatic carbocycles. The van der Waals surface area contributed by atoms with Gasteiger partial charge in [-0.3, -0.25) is 0 Å². The van der Waals surface area contributed by atoms with E-state index in [2.05, 4.69) is 36.3 Å². The molecule has 1 unspecified atom stereocenters. The van der Waals surface area contributed by atoms with Crippen LogP contribution < -0.4 is 5.32 Å². The molecule has 1 rings (SSSR count). The Morgan fingerprint density at radius 3 is 2.29 bits per heavy atom. The molecule has 0 aliphatic heterocycles. The molecular formula is C13H29N3O. The van der Waals surface area contributed by atoms with Crippen molar-refractivity contribution in [3.8, 4) is 0 Å². The van der Waals surface area contributed by atoms with Crippen LogP contribution in [0, 0.1) is 0 Å². The van der Waals surface area contributed by atoms with Crippen LogP contribution in [0.1, 0.15) is 25.7 Å². The first-order valence-electron chi connectivity index (χ1n) is 6.68. The molecular weight excluding hydrogens is 214 g/mol. The molecule has 2 N–H and O–H groups in total. The van der Waals surface area contributed by atoms with Crippen molar-refractivity contribution < 1.29 is 5.11 Å². The average molecular weight is 243 g/mol. The number of aliphatic hydroxyl groups excluding tert-OH is 1. The van der Waals surface area contributed by atoms with Gasteiger partial charge in [0.2, 0.25) is 0 Å². The lowest BCUT2D eigenvalue weighted by atomic mass is 9.75. The molecule has 4 heteroatoms. The first kappa shape index (κ1) is 14.9. The number of hydrogen-bond donors (Lipinski definition) is 2. The molecule has 0 aromatic heterocycles. The molecule has 0 spiro atoms. The zero-order chi connectivity index (χ0) is 12.9. The van der Waals surface area contributed by atoms with E-state index in [4.69, 9.17) is 5.11 Å². The average Bonchev–Trinajstić information content (AvgIpc) is 2.24. The van der Waals surface area contributed by atoms with Crippen molar-refractivity contribution in [1.82, 2.24) is 15.1 Å². The summed E-state index contributed by atoms with van der Waals surface area (Å²) < 4.78 is 0. The second kappa shape index (κ2) is 6.69. The molecule has 17 heavy (non-hydrogen) atoms. The van der Waals surface area contributed by atoms with Gasteiger partial charge in [0.25, 0.3) is 0 Å². The Morgan fingerprint density at radius 1 is 1.29 bits per heavy atom. The maximum Gasteiger partial charge on any atom is 0.0585 e. The fourth-order valence-corrected chi connectivity index (χ4v) is 2.62. The minimum Gasteiger partial charge on any atom is -0.395 e. The Bertz CT molecular complexity index is 213. The standard InChI is InChI=1S/C13H29N3O/c1-14-12(10-17)6-9-16(4)11-13(15(2)3)7-5-8-13/h12,14,17H,5-11H2,1-4H3. The van der Waals surface area contributed by atoms with Crippen LogP contribution in [-0.2, 0) is 0 Å². The minimum atomic E-state index is 0.225. The maximum absolute atomic E-state index is 9.13. The lowest BCUT2D eigenvalue weighted by molar-refractivity contribution is 0.0266. The zero-order valence-corrected chi connectivity index (χ0v) is 11.9. The van der Waals surface area contributed by atoms with Gasteiger partial charge in [-0.25, -0.2) is 0 Å². The van der Waals surface area contributed by atoms with Crippen LogP contribution in [0.3, 0.4) is 0 Å². The topological polar surface area (TPSA) is 38.7 Å². The van der Waals surface area contributed by atoms with Gasteiger partial charge in [0, 0.05) is 18.1 Å². The molecule has 1 saturated carbocycles. The van der Waals surface area contributed by atoms with Gasteiger partial charge in [-0.15, -0.1) is 0 Å². The number of likely N-dealkylation sites (N-methyl/N-ethyl adjacent to an activating group) is 3. The fraction of sp³-hybridized carbons (Fsp3) is 1.00. The quantitative estimate of drug-likeness (QED) is 0.646. The van der Waals surface area contributed by atoms with E-state index in [-0.39, 0.29) is 12.6 Å². The lowest BCUT2D eigenvalue weighted by Crippen LogP contribution is -2.56. The lowest BCUT2D eigenvalue weighted by Gasteiger charge is -2.49. The number of nitrogens with one attached hydrogen (secondary N) is 1. The number of nitrogens with zero attached hydrogens (tertiary/aromatic N) is 2. The summed E-state index contributed by atoms with van der Waals surface area (Å²) in [4.78, 5) is 4.79. The molecule has 0 heterocycles. The van der Waals surface area contributed by atoms with Crippen LogP contribution in [0.2, 0.25) is 0 Å². The van der Waals surface area contributed by atoms with E-state index in [0.29, 0.717) is 5.54 Å². The summed E-state index contributed by atoms with van der Waals surface area (Å²) >= 11 is 0. The molecule has 0 aromatic carbocycles. The van der Waals surface area contributed by atoms with Crippen molar-refractivity contribution in [2.75, 3.05) is 47.9 Å². The number of hydrogen-bond acceptors (Lipinski definition) is 4. The van der Waals surface area contributed by atoms with Crippen LogP contribution in [0.15, 0.2) is 0 Å². The molecule has 1 fully saturated rings. The Kier molecular flexibility index (Phi) is 5.86. The number of rotatable bonds is 8. The molecule has 0 aromatic rings. The van der Waals surface area contributed by atoms with Crippen LogP contribution in [0.5, 0.6) is 0 Å². The van der Waals surface area contributed by atoms with Gasteiger partial charge < -0.3 is 20.2 Å². The van der Waals surface area contributed by atoms with Crippen LogP contribution in [-0.4, -0.2) is 74.4 Å². The smallest absolute Gasteiger partial charge is 0.0585 e. The van der Waals surface area contributed by atoms with Crippen molar-refractivity contribution in [3.63, 3.8) is 0 Å². The molecule has 0 radical (unpaired) electrons. The largest absolute Gasteiger partial charge is 0.395 e. The van der Waals surface area contributed by atoms with E-state index >= 15 is 0 Å². The van der Waals surface area contributed by atoms with E-state index in [9.17, 15) is 0 Å². The van der Waals surface area contributed by atoms with E-state index < -0.39 is 0 Å². The van der Waals surface area contributed by atoms with E-state index in [1.807, 2.05) is 7.05 Å². The van der Waals surface area contributed by atoms with Gasteiger partial charge in [0.1, 0.15) is 0 Å². The zero-order valence-electron chi connectivity index (χ0n) is 11.9. The second-order valence-electron chi connectivity index (χ2n) is 5.67. The third kappa shape index (κ3) is 3.91. The van der Waals surface area contributed by atoms with E-state index in [1.54, 1.807) is 0 Å². The predicted octanol–water partition coefficient (Wildman–Crippen LogP) is 0.373. The van der Waals surface area contributed by atoms with Gasteiger partial charge in [-0.2, -0.15) is 0 Å². The summed E-state index contributed by atoms with van der Waals surface area (Å²) in [6, 6.07) is 0.231. The first-order chi connectivity index (χ1) is 8.04. The Morgan fingerprint density at radius 2 is 1.94 bits per heavy atom. The molecule has 1 atom stereocenters. The van der Waals surface area contributed by atoms with Gasteiger partial charge in [0.05, 0.1) is 6.61 Å². The highest BCUT2D eigenvalue weighted by atomic mass is 16.3. The summed E-state index contributed by atoms with van der Waals surface area (Å²) in [5.41, 5.74) is 0.406. The Labute approximate surface area is 106 Å². The van der Waals surface area contributed by atoms with Gasteiger partial charge in [0.15, 0.2) is 0 Å². The van der Waals surface area contributed by atoms with Gasteiger partial charge >= 0.3 is 0 Å². The van der Waals surface area contributed by atoms with Crippen LogP contribution >= 0.6 is 0 Å². The Balaban J connectivity index is 2.31. The summed E-state index contributed by atoms with van der Waals surface area (Å²) in [6.45, 7) is 2.41. The van der Waals surface area contributed by atoms with Gasteiger partial charge in [-0.05, 0) is 60.4 Å². The monoisotopic (exact) mass is 243 g/mol. The van der Waals surface area contributed by atoms with Gasteiger partial charge in [-0.1, -0.05) is 0 Å². The maximum atomic E-state index is 9.13. The Hall–Kier alpha value is -0.160. The number of aliphatic hydroxyl groups is 1.